The van der Waals surface area contributed by atoms with Crippen molar-refractivity contribution in [2.75, 3.05) is 0 Å². The van der Waals surface area contributed by atoms with Gasteiger partial charge in [0.15, 0.2) is 0 Å². The molecule has 0 spiro atoms. The lowest BCUT2D eigenvalue weighted by Crippen LogP contribution is -1.94. The Kier molecular flexibility index (Phi) is 5.98. The Labute approximate surface area is 280 Å². The van der Waals surface area contributed by atoms with E-state index in [1.54, 1.807) is 0 Å². The van der Waals surface area contributed by atoms with Crippen LogP contribution in [0.1, 0.15) is 0 Å². The first-order valence-corrected chi connectivity index (χ1v) is 17.6. The molecular formula is C44H27NS2. The molecule has 0 saturated heterocycles. The second kappa shape index (κ2) is 10.5. The summed E-state index contributed by atoms with van der Waals surface area (Å²) in [5.74, 6) is 0. The molecule has 1 nitrogen and oxygen atoms in total. The Morgan fingerprint density at radius 3 is 1.83 bits per heavy atom. The van der Waals surface area contributed by atoms with Gasteiger partial charge in [-0.2, -0.15) is 0 Å². The summed E-state index contributed by atoms with van der Waals surface area (Å²) in [7, 11) is 0. The predicted octanol–water partition coefficient (Wildman–Crippen LogP) is 13.4. The molecule has 0 aliphatic rings. The van der Waals surface area contributed by atoms with Crippen molar-refractivity contribution in [3.8, 4) is 39.1 Å². The van der Waals surface area contributed by atoms with Crippen LogP contribution in [-0.2, 0) is 0 Å². The van der Waals surface area contributed by atoms with E-state index in [0.717, 1.165) is 0 Å². The van der Waals surface area contributed by atoms with Gasteiger partial charge >= 0.3 is 0 Å². The predicted molar refractivity (Wildman–Crippen MR) is 205 cm³/mol. The van der Waals surface area contributed by atoms with E-state index in [1.807, 2.05) is 22.7 Å². The average molecular weight is 634 g/mol. The molecule has 0 aliphatic heterocycles. The number of hydrogen-bond donors (Lipinski definition) is 0. The third-order valence-electron chi connectivity index (χ3n) is 9.43. The molecule has 0 atom stereocenters. The minimum atomic E-state index is 1.19. The summed E-state index contributed by atoms with van der Waals surface area (Å²) in [4.78, 5) is 0. The molecule has 0 saturated carbocycles. The molecule has 3 aromatic heterocycles. The fourth-order valence-corrected chi connectivity index (χ4v) is 9.74. The number of thiophene rings is 2. The Morgan fingerprint density at radius 2 is 1.02 bits per heavy atom. The number of hydrogen-bond acceptors (Lipinski definition) is 2. The van der Waals surface area contributed by atoms with Crippen LogP contribution < -0.4 is 0 Å². The van der Waals surface area contributed by atoms with Crippen LogP contribution in [-0.4, -0.2) is 4.57 Å². The van der Waals surface area contributed by atoms with Crippen LogP contribution >= 0.6 is 22.7 Å². The fourth-order valence-electron chi connectivity index (χ4n) is 7.30. The first-order valence-electron chi connectivity index (χ1n) is 15.9. The third-order valence-corrected chi connectivity index (χ3v) is 11.7. The number of benzene rings is 7. The molecule has 0 aliphatic carbocycles. The second-order valence-corrected chi connectivity index (χ2v) is 14.2. The number of rotatable bonds is 4. The van der Waals surface area contributed by atoms with Crippen molar-refractivity contribution in [3.05, 3.63) is 164 Å². The van der Waals surface area contributed by atoms with Gasteiger partial charge in [-0.25, -0.2) is 0 Å². The van der Waals surface area contributed by atoms with Gasteiger partial charge in [-0.3, -0.25) is 0 Å². The Balaban J connectivity index is 1.19. The van der Waals surface area contributed by atoms with Crippen molar-refractivity contribution < 1.29 is 0 Å². The van der Waals surface area contributed by atoms with E-state index in [9.17, 15) is 0 Å². The fraction of sp³-hybridized carbons (Fsp3) is 0. The standard InChI is InChI=1S/C44H27NS2/c1-3-12-28(13-4-1)29-22-24-34-35-25-23-30(27-41(35)46-40(34)26-29)32-16-7-8-17-33(32)36-19-11-21-39-42(36)43-44(47-39)37-18-9-10-20-38(37)45(43)31-14-5-2-6-15-31/h1-27H. The molecule has 47 heavy (non-hydrogen) atoms. The topological polar surface area (TPSA) is 4.93 Å². The van der Waals surface area contributed by atoms with E-state index >= 15 is 0 Å². The Morgan fingerprint density at radius 1 is 0.383 bits per heavy atom. The molecule has 0 bridgehead atoms. The zero-order valence-electron chi connectivity index (χ0n) is 25.4. The van der Waals surface area contributed by atoms with Crippen molar-refractivity contribution in [2.45, 2.75) is 0 Å². The van der Waals surface area contributed by atoms with E-state index < -0.39 is 0 Å². The van der Waals surface area contributed by atoms with Crippen molar-refractivity contribution in [2.24, 2.45) is 0 Å². The van der Waals surface area contributed by atoms with Crippen LogP contribution in [0.2, 0.25) is 0 Å². The van der Waals surface area contributed by atoms with Gasteiger partial charge in [0, 0.05) is 41.3 Å². The SMILES string of the molecule is c1ccc(-c2ccc3c(c2)sc2cc(-c4ccccc4-c4cccc5sc6c7ccccc7n(-c7ccccc7)c6c45)ccc23)cc1. The molecule has 220 valence electrons. The van der Waals surface area contributed by atoms with Crippen LogP contribution in [0.4, 0.5) is 0 Å². The highest BCUT2D eigenvalue weighted by Gasteiger charge is 2.21. The normalized spacial score (nSPS) is 11.8. The molecule has 3 heteroatoms. The van der Waals surface area contributed by atoms with Crippen LogP contribution in [0.25, 0.3) is 90.4 Å². The summed E-state index contributed by atoms with van der Waals surface area (Å²) in [5.41, 5.74) is 11.3. The van der Waals surface area contributed by atoms with Gasteiger partial charge < -0.3 is 4.57 Å². The van der Waals surface area contributed by atoms with E-state index in [2.05, 4.69) is 168 Å². The molecule has 0 radical (unpaired) electrons. The Hall–Kier alpha value is -5.48. The highest BCUT2D eigenvalue weighted by Crippen LogP contribution is 2.47. The van der Waals surface area contributed by atoms with Crippen molar-refractivity contribution >= 4 is 74.1 Å². The van der Waals surface area contributed by atoms with Gasteiger partial charge in [0.2, 0.25) is 0 Å². The van der Waals surface area contributed by atoms with Crippen LogP contribution in [0.3, 0.4) is 0 Å². The molecular weight excluding hydrogens is 607 g/mol. The van der Waals surface area contributed by atoms with Gasteiger partial charge in [0.1, 0.15) is 0 Å². The monoisotopic (exact) mass is 633 g/mol. The summed E-state index contributed by atoms with van der Waals surface area (Å²) < 4.78 is 7.75. The van der Waals surface area contributed by atoms with Gasteiger partial charge in [0.25, 0.3) is 0 Å². The molecule has 10 aromatic rings. The number of fused-ring (bicyclic) bond motifs is 8. The van der Waals surface area contributed by atoms with E-state index in [4.69, 9.17) is 0 Å². The average Bonchev–Trinajstić information content (AvgIpc) is 3.80. The number of aromatic nitrogens is 1. The molecule has 0 amide bonds. The van der Waals surface area contributed by atoms with E-state index in [0.29, 0.717) is 0 Å². The minimum absolute atomic E-state index is 1.19. The maximum atomic E-state index is 2.46. The third kappa shape index (κ3) is 4.14. The lowest BCUT2D eigenvalue weighted by molar-refractivity contribution is 1.19. The summed E-state index contributed by atoms with van der Waals surface area (Å²) in [6.07, 6.45) is 0. The van der Waals surface area contributed by atoms with Crippen molar-refractivity contribution in [1.82, 2.24) is 4.57 Å². The number of para-hydroxylation sites is 2. The molecule has 0 unspecified atom stereocenters. The zero-order chi connectivity index (χ0) is 30.9. The lowest BCUT2D eigenvalue weighted by Gasteiger charge is -2.13. The second-order valence-electron chi connectivity index (χ2n) is 12.1. The highest BCUT2D eigenvalue weighted by molar-refractivity contribution is 7.27. The smallest absolute Gasteiger partial charge is 0.0734 e. The maximum absolute atomic E-state index is 2.46. The summed E-state index contributed by atoms with van der Waals surface area (Å²) >= 11 is 3.79. The summed E-state index contributed by atoms with van der Waals surface area (Å²) in [5, 5.41) is 5.26. The van der Waals surface area contributed by atoms with Gasteiger partial charge in [0.05, 0.1) is 15.7 Å². The minimum Gasteiger partial charge on any atom is -0.308 e. The lowest BCUT2D eigenvalue weighted by atomic mass is 9.92. The van der Waals surface area contributed by atoms with Crippen molar-refractivity contribution in [1.29, 1.82) is 0 Å². The maximum Gasteiger partial charge on any atom is 0.0734 e. The van der Waals surface area contributed by atoms with Crippen LogP contribution in [0.15, 0.2) is 164 Å². The summed E-state index contributed by atoms with van der Waals surface area (Å²) in [6.45, 7) is 0. The molecule has 7 aromatic carbocycles. The first-order chi connectivity index (χ1) is 23.3. The molecule has 10 rings (SSSR count). The molecule has 3 heterocycles. The van der Waals surface area contributed by atoms with E-state index in [-0.39, 0.29) is 0 Å². The molecule has 0 N–H and O–H groups in total. The van der Waals surface area contributed by atoms with Gasteiger partial charge in [-0.1, -0.05) is 127 Å². The zero-order valence-corrected chi connectivity index (χ0v) is 27.0. The van der Waals surface area contributed by atoms with E-state index in [1.165, 1.54) is 90.4 Å². The quantitative estimate of drug-likeness (QED) is 0.182. The summed E-state index contributed by atoms with van der Waals surface area (Å²) in [6, 6.07) is 59.9. The number of nitrogens with zero attached hydrogens (tertiary/aromatic N) is 1. The van der Waals surface area contributed by atoms with Gasteiger partial charge in [-0.15, -0.1) is 22.7 Å². The molecule has 0 fully saturated rings. The van der Waals surface area contributed by atoms with Crippen LogP contribution in [0, 0.1) is 0 Å². The van der Waals surface area contributed by atoms with Gasteiger partial charge in [-0.05, 0) is 69.8 Å². The highest BCUT2D eigenvalue weighted by atomic mass is 32.1. The van der Waals surface area contributed by atoms with Crippen LogP contribution in [0.5, 0.6) is 0 Å². The Bertz CT molecular complexity index is 2780. The largest absolute Gasteiger partial charge is 0.308 e. The van der Waals surface area contributed by atoms with Crippen molar-refractivity contribution in [3.63, 3.8) is 0 Å². The first kappa shape index (κ1) is 26.7.